The average molecular weight is 298 g/mol. The fourth-order valence-electron chi connectivity index (χ4n) is 2.11. The van der Waals surface area contributed by atoms with E-state index in [4.69, 9.17) is 0 Å². The molecule has 1 unspecified atom stereocenters. The van der Waals surface area contributed by atoms with Crippen molar-refractivity contribution in [2.75, 3.05) is 11.9 Å². The first-order valence-electron chi connectivity index (χ1n) is 6.99. The highest BCUT2D eigenvalue weighted by molar-refractivity contribution is 5.95. The number of hydrogen-bond acceptors (Lipinski definition) is 3. The Morgan fingerprint density at radius 2 is 1.77 bits per heavy atom. The Morgan fingerprint density at radius 3 is 2.36 bits per heavy atom. The van der Waals surface area contributed by atoms with Crippen molar-refractivity contribution in [1.82, 2.24) is 5.32 Å². The first-order valence-corrected chi connectivity index (χ1v) is 6.99. The van der Waals surface area contributed by atoms with E-state index in [1.807, 2.05) is 30.3 Å². The normalized spacial score (nSPS) is 11.5. The van der Waals surface area contributed by atoms with Gasteiger partial charge in [0.25, 0.3) is 5.91 Å². The number of hydrogen-bond donors (Lipinski definition) is 3. The van der Waals surface area contributed by atoms with Crippen molar-refractivity contribution in [2.45, 2.75) is 12.5 Å². The van der Waals surface area contributed by atoms with Crippen molar-refractivity contribution in [3.8, 4) is 0 Å². The molecule has 0 aliphatic carbocycles. The quantitative estimate of drug-likeness (QED) is 0.679. The van der Waals surface area contributed by atoms with Gasteiger partial charge in [-0.3, -0.25) is 9.59 Å². The van der Waals surface area contributed by atoms with Crippen LogP contribution in [0.5, 0.6) is 0 Å². The maximum absolute atomic E-state index is 12.2. The van der Waals surface area contributed by atoms with Crippen molar-refractivity contribution in [3.63, 3.8) is 0 Å². The van der Waals surface area contributed by atoms with Crippen LogP contribution in [0.25, 0.3) is 0 Å². The maximum Gasteiger partial charge on any atom is 0.251 e. The Kier molecular flexibility index (Phi) is 5.68. The minimum Gasteiger partial charge on any atom is -0.394 e. The molecule has 0 saturated heterocycles. The van der Waals surface area contributed by atoms with Crippen LogP contribution < -0.4 is 10.6 Å². The van der Waals surface area contributed by atoms with Gasteiger partial charge in [0, 0.05) is 11.3 Å². The second-order valence-electron chi connectivity index (χ2n) is 4.88. The first kappa shape index (κ1) is 15.7. The number of rotatable bonds is 7. The predicted molar refractivity (Wildman–Crippen MR) is 84.6 cm³/mol. The van der Waals surface area contributed by atoms with Crippen molar-refractivity contribution in [3.05, 3.63) is 65.7 Å². The molecular formula is C17H18N2O3. The van der Waals surface area contributed by atoms with Gasteiger partial charge < -0.3 is 15.7 Å². The second kappa shape index (κ2) is 7.95. The molecule has 0 spiro atoms. The van der Waals surface area contributed by atoms with Crippen molar-refractivity contribution >= 4 is 18.0 Å². The van der Waals surface area contributed by atoms with Crippen LogP contribution in [0.2, 0.25) is 0 Å². The standard InChI is InChI=1S/C17H18N2O3/c20-11-16(10-13-4-2-1-3-5-13)19-17(22)14-6-8-15(9-7-14)18-12-21/h1-9,12,16,20H,10-11H2,(H,18,21)(H,19,22). The van der Waals surface area contributed by atoms with Crippen LogP contribution in [0.15, 0.2) is 54.6 Å². The number of carbonyl (C=O) groups excluding carboxylic acids is 2. The van der Waals surface area contributed by atoms with Crippen molar-refractivity contribution in [2.24, 2.45) is 0 Å². The second-order valence-corrected chi connectivity index (χ2v) is 4.88. The molecule has 3 N–H and O–H groups in total. The number of benzene rings is 2. The zero-order valence-electron chi connectivity index (χ0n) is 12.0. The summed E-state index contributed by atoms with van der Waals surface area (Å²) in [6.07, 6.45) is 1.14. The lowest BCUT2D eigenvalue weighted by atomic mass is 10.1. The first-order chi connectivity index (χ1) is 10.7. The Hall–Kier alpha value is -2.66. The van der Waals surface area contributed by atoms with Gasteiger partial charge in [0.2, 0.25) is 6.41 Å². The van der Waals surface area contributed by atoms with E-state index in [-0.39, 0.29) is 18.6 Å². The van der Waals surface area contributed by atoms with Gasteiger partial charge in [-0.25, -0.2) is 0 Å². The van der Waals surface area contributed by atoms with E-state index in [1.165, 1.54) is 0 Å². The molecule has 0 fully saturated rings. The highest BCUT2D eigenvalue weighted by Crippen LogP contribution is 2.09. The number of amides is 2. The van der Waals surface area contributed by atoms with E-state index in [9.17, 15) is 14.7 Å². The van der Waals surface area contributed by atoms with Gasteiger partial charge >= 0.3 is 0 Å². The topological polar surface area (TPSA) is 78.4 Å². The van der Waals surface area contributed by atoms with Gasteiger partial charge in [0.15, 0.2) is 0 Å². The molecular weight excluding hydrogens is 280 g/mol. The van der Waals surface area contributed by atoms with Crippen LogP contribution in [0.3, 0.4) is 0 Å². The number of aliphatic hydroxyl groups excluding tert-OH is 1. The molecule has 5 nitrogen and oxygen atoms in total. The molecule has 0 aliphatic rings. The lowest BCUT2D eigenvalue weighted by molar-refractivity contribution is -0.105. The third-order valence-corrected chi connectivity index (χ3v) is 3.25. The number of nitrogens with one attached hydrogen (secondary N) is 2. The molecule has 2 amide bonds. The highest BCUT2D eigenvalue weighted by Gasteiger charge is 2.13. The molecule has 0 saturated carbocycles. The highest BCUT2D eigenvalue weighted by atomic mass is 16.3. The monoisotopic (exact) mass is 298 g/mol. The van der Waals surface area contributed by atoms with E-state index >= 15 is 0 Å². The van der Waals surface area contributed by atoms with Gasteiger partial charge in [-0.1, -0.05) is 30.3 Å². The fourth-order valence-corrected chi connectivity index (χ4v) is 2.11. The molecule has 2 aromatic carbocycles. The molecule has 0 aliphatic heterocycles. The molecule has 0 bridgehead atoms. The average Bonchev–Trinajstić information content (AvgIpc) is 2.56. The lowest BCUT2D eigenvalue weighted by Gasteiger charge is -2.16. The molecule has 5 heteroatoms. The minimum absolute atomic E-state index is 0.134. The van der Waals surface area contributed by atoms with Gasteiger partial charge in [-0.05, 0) is 36.2 Å². The van der Waals surface area contributed by atoms with E-state index in [0.29, 0.717) is 24.1 Å². The number of aliphatic hydroxyl groups is 1. The molecule has 0 radical (unpaired) electrons. The van der Waals surface area contributed by atoms with Crippen LogP contribution in [0.4, 0.5) is 5.69 Å². The SMILES string of the molecule is O=CNc1ccc(C(=O)NC(CO)Cc2ccccc2)cc1. The molecule has 2 aromatic rings. The summed E-state index contributed by atoms with van der Waals surface area (Å²) >= 11 is 0. The fraction of sp³-hybridized carbons (Fsp3) is 0.176. The Labute approximate surface area is 129 Å². The molecule has 0 heterocycles. The summed E-state index contributed by atoms with van der Waals surface area (Å²) in [6.45, 7) is -0.134. The van der Waals surface area contributed by atoms with Crippen LogP contribution >= 0.6 is 0 Å². The zero-order chi connectivity index (χ0) is 15.8. The Morgan fingerprint density at radius 1 is 1.09 bits per heavy atom. The summed E-state index contributed by atoms with van der Waals surface area (Å²) in [6, 6.07) is 15.9. The van der Waals surface area contributed by atoms with Gasteiger partial charge in [-0.2, -0.15) is 0 Å². The predicted octanol–water partition coefficient (Wildman–Crippen LogP) is 1.59. The number of anilines is 1. The van der Waals surface area contributed by atoms with Gasteiger partial charge in [-0.15, -0.1) is 0 Å². The lowest BCUT2D eigenvalue weighted by Crippen LogP contribution is -2.39. The van der Waals surface area contributed by atoms with Crippen LogP contribution in [0.1, 0.15) is 15.9 Å². The largest absolute Gasteiger partial charge is 0.394 e. The summed E-state index contributed by atoms with van der Waals surface area (Å²) in [5.74, 6) is -0.257. The summed E-state index contributed by atoms with van der Waals surface area (Å²) in [4.78, 5) is 22.5. The van der Waals surface area contributed by atoms with E-state index in [2.05, 4.69) is 10.6 Å². The zero-order valence-corrected chi connectivity index (χ0v) is 12.0. The Balaban J connectivity index is 1.98. The van der Waals surface area contributed by atoms with Crippen molar-refractivity contribution in [1.29, 1.82) is 0 Å². The molecule has 114 valence electrons. The van der Waals surface area contributed by atoms with E-state index < -0.39 is 0 Å². The third kappa shape index (κ3) is 4.43. The Bertz CT molecular complexity index is 612. The van der Waals surface area contributed by atoms with E-state index in [0.717, 1.165) is 5.56 Å². The van der Waals surface area contributed by atoms with Crippen molar-refractivity contribution < 1.29 is 14.7 Å². The van der Waals surface area contributed by atoms with E-state index in [1.54, 1.807) is 24.3 Å². The summed E-state index contributed by atoms with van der Waals surface area (Å²) in [5.41, 5.74) is 2.14. The smallest absolute Gasteiger partial charge is 0.251 e. The van der Waals surface area contributed by atoms with Gasteiger partial charge in [0.05, 0.1) is 12.6 Å². The third-order valence-electron chi connectivity index (χ3n) is 3.25. The van der Waals surface area contributed by atoms with Gasteiger partial charge in [0.1, 0.15) is 0 Å². The van der Waals surface area contributed by atoms with Crippen LogP contribution in [0, 0.1) is 0 Å². The summed E-state index contributed by atoms with van der Waals surface area (Å²) < 4.78 is 0. The molecule has 2 rings (SSSR count). The van der Waals surface area contributed by atoms with Crippen LogP contribution in [-0.2, 0) is 11.2 Å². The minimum atomic E-state index is -0.345. The number of carbonyl (C=O) groups is 2. The summed E-state index contributed by atoms with van der Waals surface area (Å²) in [5, 5.41) is 14.7. The maximum atomic E-state index is 12.2. The van der Waals surface area contributed by atoms with Crippen LogP contribution in [-0.4, -0.2) is 30.1 Å². The molecule has 1 atom stereocenters. The molecule has 22 heavy (non-hydrogen) atoms. The summed E-state index contributed by atoms with van der Waals surface area (Å²) in [7, 11) is 0. The molecule has 0 aromatic heterocycles.